The zero-order valence-corrected chi connectivity index (χ0v) is 17.2. The Labute approximate surface area is 162 Å². The lowest BCUT2D eigenvalue weighted by atomic mass is 10.1. The number of aryl methyl sites for hydroxylation is 1. The van der Waals surface area contributed by atoms with Gasteiger partial charge in [0.05, 0.1) is 17.0 Å². The SMILES string of the molecule is Cc1ccc(S(=O)(=O)N(C)c2ccc(CC(=O)NCCC(C)C)cc2)cc1. The number of benzene rings is 2. The Morgan fingerprint density at radius 3 is 2.19 bits per heavy atom. The van der Waals surface area contributed by atoms with Crippen LogP contribution in [0.2, 0.25) is 0 Å². The summed E-state index contributed by atoms with van der Waals surface area (Å²) in [5.41, 5.74) is 2.41. The Morgan fingerprint density at radius 1 is 1.04 bits per heavy atom. The molecule has 2 aromatic rings. The van der Waals surface area contributed by atoms with Crippen molar-refractivity contribution in [3.63, 3.8) is 0 Å². The topological polar surface area (TPSA) is 66.5 Å². The van der Waals surface area contributed by atoms with Crippen LogP contribution in [0.1, 0.15) is 31.4 Å². The van der Waals surface area contributed by atoms with E-state index in [2.05, 4.69) is 19.2 Å². The van der Waals surface area contributed by atoms with Gasteiger partial charge in [0.15, 0.2) is 0 Å². The fourth-order valence-electron chi connectivity index (χ4n) is 2.58. The van der Waals surface area contributed by atoms with Gasteiger partial charge in [0, 0.05) is 13.6 Å². The molecular formula is C21H28N2O3S. The van der Waals surface area contributed by atoms with Crippen LogP contribution in [0.5, 0.6) is 0 Å². The van der Waals surface area contributed by atoms with Gasteiger partial charge >= 0.3 is 0 Å². The number of nitrogens with zero attached hydrogens (tertiary/aromatic N) is 1. The third-order valence-corrected chi connectivity index (χ3v) is 6.19. The minimum absolute atomic E-state index is 0.0240. The van der Waals surface area contributed by atoms with Crippen LogP contribution in [0.25, 0.3) is 0 Å². The number of carbonyl (C=O) groups excluding carboxylic acids is 1. The van der Waals surface area contributed by atoms with Gasteiger partial charge < -0.3 is 5.32 Å². The maximum absolute atomic E-state index is 12.7. The maximum Gasteiger partial charge on any atom is 0.264 e. The number of sulfonamides is 1. The van der Waals surface area contributed by atoms with Crippen LogP contribution >= 0.6 is 0 Å². The fourth-order valence-corrected chi connectivity index (χ4v) is 3.77. The summed E-state index contributed by atoms with van der Waals surface area (Å²) < 4.78 is 26.7. The third kappa shape index (κ3) is 5.82. The average Bonchev–Trinajstić information content (AvgIpc) is 2.61. The molecule has 0 fully saturated rings. The van der Waals surface area contributed by atoms with Gasteiger partial charge in [-0.15, -0.1) is 0 Å². The highest BCUT2D eigenvalue weighted by Crippen LogP contribution is 2.22. The first-order valence-corrected chi connectivity index (χ1v) is 10.6. The van der Waals surface area contributed by atoms with E-state index >= 15 is 0 Å². The van der Waals surface area contributed by atoms with Gasteiger partial charge in [0.2, 0.25) is 5.91 Å². The monoisotopic (exact) mass is 388 g/mol. The van der Waals surface area contributed by atoms with E-state index in [4.69, 9.17) is 0 Å². The molecule has 0 spiro atoms. The molecular weight excluding hydrogens is 360 g/mol. The Morgan fingerprint density at radius 2 is 1.63 bits per heavy atom. The molecule has 0 aliphatic rings. The first-order valence-electron chi connectivity index (χ1n) is 9.11. The number of nitrogens with one attached hydrogen (secondary N) is 1. The van der Waals surface area contributed by atoms with Crippen molar-refractivity contribution in [2.24, 2.45) is 5.92 Å². The van der Waals surface area contributed by atoms with Crippen LogP contribution in [0, 0.1) is 12.8 Å². The third-order valence-electron chi connectivity index (χ3n) is 4.39. The van der Waals surface area contributed by atoms with E-state index in [-0.39, 0.29) is 17.2 Å². The molecule has 0 aliphatic carbocycles. The molecule has 2 aromatic carbocycles. The largest absolute Gasteiger partial charge is 0.356 e. The minimum atomic E-state index is -3.61. The summed E-state index contributed by atoms with van der Waals surface area (Å²) in [7, 11) is -2.08. The van der Waals surface area contributed by atoms with Crippen molar-refractivity contribution in [2.45, 2.75) is 38.5 Å². The summed E-state index contributed by atoms with van der Waals surface area (Å²) in [5, 5.41) is 2.90. The quantitative estimate of drug-likeness (QED) is 0.752. The van der Waals surface area contributed by atoms with E-state index in [1.165, 1.54) is 11.4 Å². The Kier molecular flexibility index (Phi) is 7.02. The molecule has 0 heterocycles. The minimum Gasteiger partial charge on any atom is -0.356 e. The van der Waals surface area contributed by atoms with Crippen molar-refractivity contribution in [3.8, 4) is 0 Å². The van der Waals surface area contributed by atoms with E-state index in [0.717, 1.165) is 17.5 Å². The predicted octanol–water partition coefficient (Wildman–Crippen LogP) is 3.52. The molecule has 0 saturated heterocycles. The first kappa shape index (κ1) is 21.0. The first-order chi connectivity index (χ1) is 12.7. The molecule has 5 nitrogen and oxygen atoms in total. The molecule has 1 N–H and O–H groups in total. The van der Waals surface area contributed by atoms with E-state index < -0.39 is 10.0 Å². The Hall–Kier alpha value is -2.34. The van der Waals surface area contributed by atoms with Gasteiger partial charge in [-0.3, -0.25) is 9.10 Å². The molecule has 0 aromatic heterocycles. The molecule has 2 rings (SSSR count). The van der Waals surface area contributed by atoms with Crippen molar-refractivity contribution < 1.29 is 13.2 Å². The molecule has 0 bridgehead atoms. The summed E-state index contributed by atoms with van der Waals surface area (Å²) >= 11 is 0. The summed E-state index contributed by atoms with van der Waals surface area (Å²) in [5.74, 6) is 0.527. The Balaban J connectivity index is 2.03. The normalized spacial score (nSPS) is 11.4. The van der Waals surface area contributed by atoms with E-state index in [9.17, 15) is 13.2 Å². The predicted molar refractivity (Wildman–Crippen MR) is 109 cm³/mol. The number of anilines is 1. The molecule has 0 atom stereocenters. The molecule has 1 amide bonds. The lowest BCUT2D eigenvalue weighted by Crippen LogP contribution is -2.27. The van der Waals surface area contributed by atoms with Gasteiger partial charge in [0.25, 0.3) is 10.0 Å². The summed E-state index contributed by atoms with van der Waals surface area (Å²) in [6, 6.07) is 13.8. The van der Waals surface area contributed by atoms with Crippen molar-refractivity contribution in [3.05, 3.63) is 59.7 Å². The number of rotatable bonds is 8. The van der Waals surface area contributed by atoms with Crippen LogP contribution in [0.3, 0.4) is 0 Å². The second-order valence-electron chi connectivity index (χ2n) is 7.16. The second kappa shape index (κ2) is 9.04. The maximum atomic E-state index is 12.7. The molecule has 6 heteroatoms. The van der Waals surface area contributed by atoms with Crippen molar-refractivity contribution in [2.75, 3.05) is 17.9 Å². The zero-order valence-electron chi connectivity index (χ0n) is 16.4. The van der Waals surface area contributed by atoms with Gasteiger partial charge in [-0.05, 0) is 49.1 Å². The van der Waals surface area contributed by atoms with E-state index in [0.29, 0.717) is 18.2 Å². The summed E-state index contributed by atoms with van der Waals surface area (Å²) in [4.78, 5) is 12.2. The smallest absolute Gasteiger partial charge is 0.264 e. The lowest BCUT2D eigenvalue weighted by Gasteiger charge is -2.20. The fraction of sp³-hybridized carbons (Fsp3) is 0.381. The highest BCUT2D eigenvalue weighted by atomic mass is 32.2. The highest BCUT2D eigenvalue weighted by Gasteiger charge is 2.21. The van der Waals surface area contributed by atoms with Gasteiger partial charge in [-0.1, -0.05) is 43.7 Å². The zero-order chi connectivity index (χ0) is 20.0. The highest BCUT2D eigenvalue weighted by molar-refractivity contribution is 7.92. The van der Waals surface area contributed by atoms with E-state index in [1.807, 2.05) is 6.92 Å². The van der Waals surface area contributed by atoms with Crippen LogP contribution < -0.4 is 9.62 Å². The molecule has 0 saturated carbocycles. The molecule has 0 aliphatic heterocycles. The molecule has 146 valence electrons. The second-order valence-corrected chi connectivity index (χ2v) is 9.13. The van der Waals surface area contributed by atoms with Crippen molar-refractivity contribution in [1.82, 2.24) is 5.32 Å². The van der Waals surface area contributed by atoms with Crippen molar-refractivity contribution >= 4 is 21.6 Å². The van der Waals surface area contributed by atoms with Crippen LogP contribution in [0.15, 0.2) is 53.4 Å². The number of amides is 1. The van der Waals surface area contributed by atoms with Gasteiger partial charge in [-0.25, -0.2) is 8.42 Å². The summed E-state index contributed by atoms with van der Waals surface area (Å²) in [6.45, 7) is 6.82. The van der Waals surface area contributed by atoms with Crippen LogP contribution in [-0.4, -0.2) is 27.9 Å². The average molecular weight is 389 g/mol. The Bertz CT molecular complexity index is 857. The van der Waals surface area contributed by atoms with Crippen molar-refractivity contribution in [1.29, 1.82) is 0 Å². The molecule has 0 radical (unpaired) electrons. The summed E-state index contributed by atoms with van der Waals surface area (Å²) in [6.07, 6.45) is 1.24. The van der Waals surface area contributed by atoms with Gasteiger partial charge in [-0.2, -0.15) is 0 Å². The number of carbonyl (C=O) groups is 1. The number of hydrogen-bond acceptors (Lipinski definition) is 3. The lowest BCUT2D eigenvalue weighted by molar-refractivity contribution is -0.120. The van der Waals surface area contributed by atoms with Gasteiger partial charge in [0.1, 0.15) is 0 Å². The standard InChI is InChI=1S/C21H28N2O3S/c1-16(2)13-14-22-21(24)15-18-7-9-19(10-8-18)23(4)27(25,26)20-11-5-17(3)6-12-20/h5-12,16H,13-15H2,1-4H3,(H,22,24). The molecule has 0 unspecified atom stereocenters. The van der Waals surface area contributed by atoms with Crippen LogP contribution in [-0.2, 0) is 21.2 Å². The molecule has 27 heavy (non-hydrogen) atoms. The number of hydrogen-bond donors (Lipinski definition) is 1. The van der Waals surface area contributed by atoms with Crippen LogP contribution in [0.4, 0.5) is 5.69 Å². The van der Waals surface area contributed by atoms with E-state index in [1.54, 1.807) is 48.5 Å².